The molecule has 5 nitrogen and oxygen atoms in total. The smallest absolute Gasteiger partial charge is 0.416 e. The Bertz CT molecular complexity index is 1740. The Morgan fingerprint density at radius 1 is 1.00 bits per heavy atom. The maximum absolute atomic E-state index is 15.6. The van der Waals surface area contributed by atoms with Crippen molar-refractivity contribution in [1.82, 2.24) is 4.57 Å². The van der Waals surface area contributed by atoms with E-state index in [9.17, 15) is 18.0 Å². The first kappa shape index (κ1) is 29.4. The molecule has 0 radical (unpaired) electrons. The fraction of sp³-hybridized carbons (Fsp3) is 0.226. The summed E-state index contributed by atoms with van der Waals surface area (Å²) in [6, 6.07) is 15.4. The molecule has 1 aliphatic rings. The number of methoxy groups -OCH3 is 1. The molecule has 0 spiro atoms. The molecule has 4 aromatic rings. The van der Waals surface area contributed by atoms with Crippen LogP contribution in [0.1, 0.15) is 33.9 Å². The maximum atomic E-state index is 15.6. The van der Waals surface area contributed by atoms with Crippen LogP contribution in [0.3, 0.4) is 0 Å². The van der Waals surface area contributed by atoms with E-state index in [2.05, 4.69) is 5.16 Å². The molecule has 0 aliphatic carbocycles. The molecule has 218 valence electrons. The van der Waals surface area contributed by atoms with E-state index in [-0.39, 0.29) is 33.8 Å². The lowest BCUT2D eigenvalue weighted by atomic mass is 9.92. The van der Waals surface area contributed by atoms with Crippen LogP contribution in [-0.2, 0) is 17.4 Å². The second-order valence-electron chi connectivity index (χ2n) is 9.57. The van der Waals surface area contributed by atoms with Crippen molar-refractivity contribution in [3.8, 4) is 16.9 Å². The summed E-state index contributed by atoms with van der Waals surface area (Å²) in [5.74, 6) is -1.66. The molecule has 0 amide bonds. The van der Waals surface area contributed by atoms with Crippen molar-refractivity contribution >= 4 is 17.5 Å². The monoisotopic (exact) mass is 600 g/mol. The predicted octanol–water partition coefficient (Wildman–Crippen LogP) is 7.42. The number of oxime groups is 1. The number of hydrogen-bond donors (Lipinski definition) is 0. The van der Waals surface area contributed by atoms with Crippen LogP contribution in [-0.4, -0.2) is 30.3 Å². The third-order valence-electron chi connectivity index (χ3n) is 7.23. The Labute approximate surface area is 242 Å². The molecule has 0 N–H and O–H groups in total. The van der Waals surface area contributed by atoms with E-state index < -0.39 is 47.0 Å². The van der Waals surface area contributed by atoms with Crippen LogP contribution in [0.4, 0.5) is 22.0 Å². The van der Waals surface area contributed by atoms with E-state index in [4.69, 9.17) is 9.57 Å². The summed E-state index contributed by atoms with van der Waals surface area (Å²) in [4.78, 5) is 19.4. The zero-order valence-corrected chi connectivity index (χ0v) is 23.6. The van der Waals surface area contributed by atoms with Gasteiger partial charge in [0.2, 0.25) is 0 Å². The number of aromatic nitrogens is 1. The summed E-state index contributed by atoms with van der Waals surface area (Å²) >= 11 is 1.24. The Hall–Kier alpha value is -4.12. The number of hydrogen-bond acceptors (Lipinski definition) is 5. The molecule has 0 bridgehead atoms. The van der Waals surface area contributed by atoms with Gasteiger partial charge in [0.1, 0.15) is 18.6 Å². The van der Waals surface area contributed by atoms with Gasteiger partial charge in [0.05, 0.1) is 29.3 Å². The zero-order valence-electron chi connectivity index (χ0n) is 22.8. The number of halogens is 5. The average Bonchev–Trinajstić information content (AvgIpc) is 3.40. The molecule has 2 heterocycles. The fourth-order valence-electron chi connectivity index (χ4n) is 5.28. The Morgan fingerprint density at radius 3 is 2.38 bits per heavy atom. The topological polar surface area (TPSA) is 52.8 Å². The molecule has 1 unspecified atom stereocenters. The molecule has 42 heavy (non-hydrogen) atoms. The zero-order chi connectivity index (χ0) is 30.2. The van der Waals surface area contributed by atoms with E-state index in [1.165, 1.54) is 55.7 Å². The van der Waals surface area contributed by atoms with Crippen LogP contribution in [0.2, 0.25) is 0 Å². The molecular weight excluding hydrogens is 575 g/mol. The molecule has 11 heteroatoms. The summed E-state index contributed by atoms with van der Waals surface area (Å²) in [7, 11) is 2.65. The fourth-order valence-corrected chi connectivity index (χ4v) is 6.66. The highest BCUT2D eigenvalue weighted by atomic mass is 32.2. The van der Waals surface area contributed by atoms with E-state index >= 15 is 8.78 Å². The average molecular weight is 601 g/mol. The second kappa shape index (κ2) is 11.6. The van der Waals surface area contributed by atoms with Gasteiger partial charge in [-0.05, 0) is 36.2 Å². The van der Waals surface area contributed by atoms with Crippen molar-refractivity contribution in [2.75, 3.05) is 20.0 Å². The second-order valence-corrected chi connectivity index (χ2v) is 10.6. The number of benzene rings is 3. The van der Waals surface area contributed by atoms with Gasteiger partial charge in [-0.1, -0.05) is 53.7 Å². The minimum atomic E-state index is -4.82. The number of alkyl halides is 3. The molecule has 1 atom stereocenters. The van der Waals surface area contributed by atoms with Crippen molar-refractivity contribution in [1.29, 1.82) is 0 Å². The van der Waals surface area contributed by atoms with Gasteiger partial charge in [-0.15, -0.1) is 11.8 Å². The van der Waals surface area contributed by atoms with E-state index in [1.807, 2.05) is 6.07 Å². The Morgan fingerprint density at radius 2 is 1.71 bits per heavy atom. The number of thioether (sulfide) groups is 1. The van der Waals surface area contributed by atoms with E-state index in [1.54, 1.807) is 24.3 Å². The maximum Gasteiger partial charge on any atom is 0.416 e. The molecule has 1 aromatic heterocycles. The van der Waals surface area contributed by atoms with Crippen LogP contribution in [0.25, 0.3) is 11.1 Å². The largest absolute Gasteiger partial charge is 0.494 e. The molecule has 1 aliphatic heterocycles. The molecule has 5 rings (SSSR count). The molecular formula is C31H25F5N2O3S. The van der Waals surface area contributed by atoms with Crippen molar-refractivity contribution in [2.45, 2.75) is 30.6 Å². The number of fused-ring (bicyclic) bond motifs is 1. The van der Waals surface area contributed by atoms with Crippen LogP contribution in [0, 0.1) is 18.6 Å². The number of ether oxygens (including phenoxy) is 1. The lowest BCUT2D eigenvalue weighted by molar-refractivity contribution is -0.138. The molecule has 0 fully saturated rings. The summed E-state index contributed by atoms with van der Waals surface area (Å²) < 4.78 is 79.1. The van der Waals surface area contributed by atoms with Crippen molar-refractivity contribution in [2.24, 2.45) is 5.16 Å². The van der Waals surface area contributed by atoms with E-state index in [0.29, 0.717) is 16.3 Å². The number of nitrogens with zero attached hydrogens (tertiary/aromatic N) is 2. The third kappa shape index (κ3) is 5.17. The SMILES string of the molecule is CO/N=C(\c1ccccc1)C1CSc2c(Cc3c(F)cccc3C(F)(F)F)c(C)c(-c3cccc(OC)c3F)c(=O)n21. The third-order valence-corrected chi connectivity index (χ3v) is 8.43. The van der Waals surface area contributed by atoms with Gasteiger partial charge < -0.3 is 9.57 Å². The van der Waals surface area contributed by atoms with E-state index in [0.717, 1.165) is 18.2 Å². The highest BCUT2D eigenvalue weighted by molar-refractivity contribution is 7.99. The van der Waals surface area contributed by atoms with Gasteiger partial charge in [-0.25, -0.2) is 8.78 Å². The lowest BCUT2D eigenvalue weighted by Crippen LogP contribution is -2.32. The summed E-state index contributed by atoms with van der Waals surface area (Å²) in [5, 5.41) is 4.55. The number of pyridine rings is 1. The highest BCUT2D eigenvalue weighted by Gasteiger charge is 2.38. The minimum Gasteiger partial charge on any atom is -0.494 e. The minimum absolute atomic E-state index is 0.0626. The molecule has 0 saturated heterocycles. The number of rotatable bonds is 7. The van der Waals surface area contributed by atoms with Gasteiger partial charge in [0, 0.05) is 28.9 Å². The Kier molecular flexibility index (Phi) is 8.14. The first-order chi connectivity index (χ1) is 20.1. The van der Waals surface area contributed by atoms with Crippen molar-refractivity contribution in [3.63, 3.8) is 0 Å². The van der Waals surface area contributed by atoms with Crippen molar-refractivity contribution < 1.29 is 31.5 Å². The molecule has 0 saturated carbocycles. The predicted molar refractivity (Wildman–Crippen MR) is 151 cm³/mol. The van der Waals surface area contributed by atoms with Crippen LogP contribution in [0.15, 0.2) is 81.7 Å². The van der Waals surface area contributed by atoms with Crippen LogP contribution in [0.5, 0.6) is 5.75 Å². The molecule has 3 aromatic carbocycles. The van der Waals surface area contributed by atoms with Crippen molar-refractivity contribution in [3.05, 3.63) is 117 Å². The quantitative estimate of drug-likeness (QED) is 0.126. The first-order valence-electron chi connectivity index (χ1n) is 12.8. The summed E-state index contributed by atoms with van der Waals surface area (Å²) in [6.07, 6.45) is -5.30. The van der Waals surface area contributed by atoms with Gasteiger partial charge in [0.25, 0.3) is 5.56 Å². The Balaban J connectivity index is 1.82. The first-order valence-corrected chi connectivity index (χ1v) is 13.8. The van der Waals surface area contributed by atoms with Crippen LogP contribution >= 0.6 is 11.8 Å². The normalized spacial score (nSPS) is 15.0. The van der Waals surface area contributed by atoms with Crippen LogP contribution < -0.4 is 10.3 Å². The van der Waals surface area contributed by atoms with Gasteiger partial charge >= 0.3 is 6.18 Å². The summed E-state index contributed by atoms with van der Waals surface area (Å²) in [5.41, 5.74) is -0.818. The van der Waals surface area contributed by atoms with Gasteiger partial charge in [0.15, 0.2) is 11.6 Å². The lowest BCUT2D eigenvalue weighted by Gasteiger charge is -2.22. The highest BCUT2D eigenvalue weighted by Crippen LogP contribution is 2.43. The van der Waals surface area contributed by atoms with Gasteiger partial charge in [-0.2, -0.15) is 13.2 Å². The van der Waals surface area contributed by atoms with Gasteiger partial charge in [-0.3, -0.25) is 9.36 Å². The standard InChI is InChI=1S/C31H25F5N2O3S/c1-17-20(15-21-22(31(34,35)36)12-8-13-23(21)32)30-38(29(39)26(17)19-11-7-14-25(40-2)27(19)33)24(16-42-30)28(37-41-3)18-9-5-4-6-10-18/h4-14,24H,15-16H2,1-3H3/b37-28+. The summed E-state index contributed by atoms with van der Waals surface area (Å²) in [6.45, 7) is 1.54.